The van der Waals surface area contributed by atoms with Gasteiger partial charge in [-0.05, 0) is 71.0 Å². The Bertz CT molecular complexity index is 1070. The Kier molecular flexibility index (Phi) is 8.23. The van der Waals surface area contributed by atoms with Crippen LogP contribution in [0.4, 0.5) is 5.69 Å². The molecule has 0 saturated carbocycles. The van der Waals surface area contributed by atoms with Crippen LogP contribution in [0, 0.1) is 0 Å². The summed E-state index contributed by atoms with van der Waals surface area (Å²) in [7, 11) is 1.66. The quantitative estimate of drug-likeness (QED) is 0.138. The summed E-state index contributed by atoms with van der Waals surface area (Å²) >= 11 is 7.46. The Morgan fingerprint density at radius 1 is 1.13 bits per heavy atom. The summed E-state index contributed by atoms with van der Waals surface area (Å²) in [5.41, 5.74) is 9.82. The van der Waals surface area contributed by atoms with Gasteiger partial charge >= 0.3 is 0 Å². The average Bonchev–Trinajstić information content (AvgIpc) is 2.77. The highest BCUT2D eigenvalue weighted by molar-refractivity contribution is 8.03. The molecule has 0 saturated heterocycles. The summed E-state index contributed by atoms with van der Waals surface area (Å²) in [6.45, 7) is 0.393. The minimum absolute atomic E-state index is 0.324. The maximum Gasteiger partial charge on any atom is 0.152 e. The minimum atomic E-state index is 0.324. The Morgan fingerprint density at radius 3 is 2.74 bits per heavy atom. The number of hydrogen-bond acceptors (Lipinski definition) is 6. The summed E-state index contributed by atoms with van der Waals surface area (Å²) < 4.78 is 8.50. The number of halogens is 1. The zero-order valence-electron chi connectivity index (χ0n) is 17.0. The van der Waals surface area contributed by atoms with Crippen LogP contribution in [0.3, 0.4) is 0 Å². The number of ether oxygens (including phenoxy) is 1. The van der Waals surface area contributed by atoms with Crippen LogP contribution in [0.2, 0.25) is 5.02 Å². The molecular formula is C23H24ClN5OS. The summed E-state index contributed by atoms with van der Waals surface area (Å²) in [5, 5.41) is 8.18. The van der Waals surface area contributed by atoms with Crippen molar-refractivity contribution in [1.29, 1.82) is 0 Å². The number of amidine groups is 1. The molecule has 31 heavy (non-hydrogen) atoms. The van der Waals surface area contributed by atoms with Gasteiger partial charge < -0.3 is 15.2 Å². The summed E-state index contributed by atoms with van der Waals surface area (Å²) in [5.74, 6) is 7.14. The number of nitrogens with one attached hydrogen (secondary N) is 1. The van der Waals surface area contributed by atoms with E-state index in [-0.39, 0.29) is 0 Å². The van der Waals surface area contributed by atoms with Crippen molar-refractivity contribution in [2.45, 2.75) is 6.54 Å². The van der Waals surface area contributed by atoms with Crippen LogP contribution < -0.4 is 21.0 Å². The highest BCUT2D eigenvalue weighted by atomic mass is 35.5. The number of methoxy groups -OCH3 is 1. The number of rotatable bonds is 9. The molecule has 3 aromatic rings. The molecule has 8 heteroatoms. The predicted octanol–water partition coefficient (Wildman–Crippen LogP) is 5.08. The van der Waals surface area contributed by atoms with E-state index >= 15 is 0 Å². The average molecular weight is 454 g/mol. The minimum Gasteiger partial charge on any atom is -0.497 e. The normalized spacial score (nSPS) is 11.5. The summed E-state index contributed by atoms with van der Waals surface area (Å²) in [6, 6.07) is 23.0. The van der Waals surface area contributed by atoms with Gasteiger partial charge in [0.15, 0.2) is 5.84 Å². The molecule has 5 N–H and O–H groups in total. The molecule has 0 aromatic heterocycles. The van der Waals surface area contributed by atoms with Gasteiger partial charge in [-0.15, -0.1) is 5.10 Å². The lowest BCUT2D eigenvalue weighted by atomic mass is 10.2. The molecular weight excluding hydrogens is 430 g/mol. The molecule has 0 aliphatic rings. The van der Waals surface area contributed by atoms with Crippen molar-refractivity contribution in [3.8, 4) is 5.75 Å². The second kappa shape index (κ2) is 11.3. The first-order valence-corrected chi connectivity index (χ1v) is 10.7. The van der Waals surface area contributed by atoms with Crippen LogP contribution in [0.1, 0.15) is 16.7 Å². The number of anilines is 1. The molecule has 0 radical (unpaired) electrons. The third-order valence-electron chi connectivity index (χ3n) is 4.23. The van der Waals surface area contributed by atoms with Crippen LogP contribution in [-0.2, 0) is 6.54 Å². The van der Waals surface area contributed by atoms with Gasteiger partial charge in [-0.3, -0.25) is 0 Å². The van der Waals surface area contributed by atoms with Crippen molar-refractivity contribution in [3.05, 3.63) is 99.9 Å². The van der Waals surface area contributed by atoms with E-state index in [2.05, 4.69) is 9.82 Å². The third-order valence-corrected chi connectivity index (χ3v) is 5.09. The molecule has 0 amide bonds. The lowest BCUT2D eigenvalue weighted by molar-refractivity contribution is 0.290. The van der Waals surface area contributed by atoms with E-state index in [0.717, 1.165) is 28.1 Å². The molecule has 0 bridgehead atoms. The maximum atomic E-state index is 6.15. The lowest BCUT2D eigenvalue weighted by Crippen LogP contribution is -2.29. The zero-order chi connectivity index (χ0) is 22.1. The molecule has 0 aliphatic carbocycles. The fourth-order valence-corrected chi connectivity index (χ4v) is 3.52. The number of hydrogen-bond donors (Lipinski definition) is 3. The van der Waals surface area contributed by atoms with E-state index in [1.807, 2.05) is 84.3 Å². The fourth-order valence-electron chi connectivity index (χ4n) is 2.76. The van der Waals surface area contributed by atoms with Gasteiger partial charge in [-0.2, -0.15) is 0 Å². The lowest BCUT2D eigenvalue weighted by Gasteiger charge is -2.14. The van der Waals surface area contributed by atoms with Gasteiger partial charge in [-0.25, -0.2) is 11.0 Å². The Hall–Kier alpha value is -3.13. The van der Waals surface area contributed by atoms with Crippen LogP contribution in [0.5, 0.6) is 5.75 Å². The van der Waals surface area contributed by atoms with Gasteiger partial charge in [0.1, 0.15) is 5.75 Å². The molecule has 0 spiro atoms. The standard InChI is InChI=1S/C23H24ClN5OS/c1-30-22-10-3-5-17(14-22)11-12-31-28-21-9-4-7-19(15-21)23(25)27-29(26)16-18-6-2-8-20(24)13-18/h2-15,28H,16,26H2,1H3,(H2,25,27)/b12-11+. The Labute approximate surface area is 191 Å². The molecule has 3 rings (SSSR count). The zero-order valence-corrected chi connectivity index (χ0v) is 18.6. The largest absolute Gasteiger partial charge is 0.497 e. The van der Waals surface area contributed by atoms with Crippen LogP contribution in [0.25, 0.3) is 6.08 Å². The molecule has 160 valence electrons. The van der Waals surface area contributed by atoms with Crippen LogP contribution in [0.15, 0.2) is 83.3 Å². The van der Waals surface area contributed by atoms with E-state index in [9.17, 15) is 0 Å². The van der Waals surface area contributed by atoms with E-state index in [4.69, 9.17) is 27.9 Å². The molecule has 0 aliphatic heterocycles. The first-order valence-electron chi connectivity index (χ1n) is 9.47. The Balaban J connectivity index is 1.58. The highest BCUT2D eigenvalue weighted by Crippen LogP contribution is 2.19. The molecule has 3 aromatic carbocycles. The van der Waals surface area contributed by atoms with Crippen molar-refractivity contribution in [2.24, 2.45) is 16.7 Å². The monoisotopic (exact) mass is 453 g/mol. The molecule has 0 unspecified atom stereocenters. The highest BCUT2D eigenvalue weighted by Gasteiger charge is 2.04. The van der Waals surface area contributed by atoms with E-state index < -0.39 is 0 Å². The topological polar surface area (TPSA) is 88.9 Å². The van der Waals surface area contributed by atoms with E-state index in [0.29, 0.717) is 17.4 Å². The SMILES string of the molecule is COc1cccc(/C=C/SNc2cccc(/C(N)=N/N(N)Cc3cccc(Cl)c3)c2)c1. The van der Waals surface area contributed by atoms with Crippen LogP contribution >= 0.6 is 23.5 Å². The molecule has 0 fully saturated rings. The number of hydrazine groups is 1. The van der Waals surface area contributed by atoms with Crippen molar-refractivity contribution in [2.75, 3.05) is 11.8 Å². The van der Waals surface area contributed by atoms with Gasteiger partial charge in [-0.1, -0.05) is 48.0 Å². The van der Waals surface area contributed by atoms with Gasteiger partial charge in [0.25, 0.3) is 0 Å². The summed E-state index contributed by atoms with van der Waals surface area (Å²) in [6.07, 6.45) is 2.00. The summed E-state index contributed by atoms with van der Waals surface area (Å²) in [4.78, 5) is 0. The first kappa shape index (κ1) is 22.6. The van der Waals surface area contributed by atoms with Crippen molar-refractivity contribution >= 4 is 41.1 Å². The number of benzene rings is 3. The van der Waals surface area contributed by atoms with Gasteiger partial charge in [0.05, 0.1) is 13.7 Å². The van der Waals surface area contributed by atoms with Crippen molar-refractivity contribution < 1.29 is 4.74 Å². The third kappa shape index (κ3) is 7.25. The van der Waals surface area contributed by atoms with Gasteiger partial charge in [0, 0.05) is 16.3 Å². The van der Waals surface area contributed by atoms with E-state index in [1.54, 1.807) is 7.11 Å². The number of nitrogens with zero attached hydrogens (tertiary/aromatic N) is 2. The fraction of sp³-hybridized carbons (Fsp3) is 0.0870. The van der Waals surface area contributed by atoms with Crippen molar-refractivity contribution in [3.63, 3.8) is 0 Å². The van der Waals surface area contributed by atoms with Crippen LogP contribution in [-0.4, -0.2) is 18.1 Å². The maximum absolute atomic E-state index is 6.15. The first-order chi connectivity index (χ1) is 15.0. The Morgan fingerprint density at radius 2 is 1.94 bits per heavy atom. The number of hydrazone groups is 1. The van der Waals surface area contributed by atoms with Crippen molar-refractivity contribution in [1.82, 2.24) is 5.12 Å². The van der Waals surface area contributed by atoms with E-state index in [1.165, 1.54) is 17.1 Å². The second-order valence-electron chi connectivity index (χ2n) is 6.59. The second-order valence-corrected chi connectivity index (χ2v) is 7.74. The predicted molar refractivity (Wildman–Crippen MR) is 132 cm³/mol. The smallest absolute Gasteiger partial charge is 0.152 e. The van der Waals surface area contributed by atoms with Gasteiger partial charge in [0.2, 0.25) is 0 Å². The molecule has 0 atom stereocenters. The number of nitrogens with two attached hydrogens (primary N) is 2. The molecule has 6 nitrogen and oxygen atoms in total. The molecule has 0 heterocycles.